The Bertz CT molecular complexity index is 689. The first kappa shape index (κ1) is 21.8. The van der Waals surface area contributed by atoms with Gasteiger partial charge in [0.1, 0.15) is 6.04 Å². The van der Waals surface area contributed by atoms with Gasteiger partial charge in [-0.15, -0.1) is 0 Å². The van der Waals surface area contributed by atoms with E-state index >= 15 is 0 Å². The van der Waals surface area contributed by atoms with Crippen molar-refractivity contribution in [3.63, 3.8) is 0 Å². The molecule has 0 aliphatic carbocycles. The van der Waals surface area contributed by atoms with Crippen molar-refractivity contribution in [2.75, 3.05) is 13.2 Å². The van der Waals surface area contributed by atoms with Gasteiger partial charge in [-0.25, -0.2) is 0 Å². The van der Waals surface area contributed by atoms with Crippen molar-refractivity contribution in [3.8, 4) is 6.07 Å². The second-order valence-electron chi connectivity index (χ2n) is 5.43. The smallest absolute Gasteiger partial charge is 0.335 e. The van der Waals surface area contributed by atoms with Gasteiger partial charge in [0.15, 0.2) is 0 Å². The first-order valence-electron chi connectivity index (χ1n) is 8.29. The summed E-state index contributed by atoms with van der Waals surface area (Å²) in [6, 6.07) is 7.40. The summed E-state index contributed by atoms with van der Waals surface area (Å²) in [7, 11) is -3.22. The van der Waals surface area contributed by atoms with Gasteiger partial charge in [0.05, 0.1) is 25.4 Å². The molecule has 1 aromatic carbocycles. The molecule has 0 bridgehead atoms. The maximum absolute atomic E-state index is 12.5. The highest BCUT2D eigenvalue weighted by atomic mass is 31.2. The van der Waals surface area contributed by atoms with Crippen LogP contribution in [0, 0.1) is 11.3 Å². The Morgan fingerprint density at radius 3 is 2.27 bits per heavy atom. The van der Waals surface area contributed by atoms with Gasteiger partial charge in [0.25, 0.3) is 5.91 Å². The second kappa shape index (κ2) is 10.7. The highest BCUT2D eigenvalue weighted by molar-refractivity contribution is 7.53. The molecule has 0 aliphatic rings. The lowest BCUT2D eigenvalue weighted by atomic mass is 10.1. The topological polar surface area (TPSA) is 132 Å². The normalized spacial score (nSPS) is 12.2. The van der Waals surface area contributed by atoms with Crippen molar-refractivity contribution < 1.29 is 23.2 Å². The molecule has 0 fully saturated rings. The molecule has 0 aromatic heterocycles. The van der Waals surface area contributed by atoms with E-state index < -0.39 is 25.5 Å². The number of primary amides is 1. The predicted octanol–water partition coefficient (Wildman–Crippen LogP) is 2.34. The Kier molecular flexibility index (Phi) is 9.00. The molecule has 0 aliphatic heterocycles. The number of amides is 2. The summed E-state index contributed by atoms with van der Waals surface area (Å²) in [5, 5.41) is 11.1. The molecule has 1 aromatic rings. The third-order valence-corrected chi connectivity index (χ3v) is 5.49. The number of benzene rings is 1. The largest absolute Gasteiger partial charge is 0.368 e. The molecule has 8 nitrogen and oxygen atoms in total. The SMILES string of the molecule is CCOP(=O)(Cc1ccc(C(=O)N[C@@H](CCC#N)C(N)=O)cc1)OCC. The average Bonchev–Trinajstić information content (AvgIpc) is 2.59. The number of nitrogens with one attached hydrogen (secondary N) is 1. The van der Waals surface area contributed by atoms with Crippen LogP contribution in [0.4, 0.5) is 0 Å². The van der Waals surface area contributed by atoms with Crippen LogP contribution in [0.3, 0.4) is 0 Å². The zero-order valence-electron chi connectivity index (χ0n) is 14.9. The lowest BCUT2D eigenvalue weighted by Gasteiger charge is -2.17. The third kappa shape index (κ3) is 6.96. The predicted molar refractivity (Wildman–Crippen MR) is 96.3 cm³/mol. The highest BCUT2D eigenvalue weighted by Crippen LogP contribution is 2.51. The summed E-state index contributed by atoms with van der Waals surface area (Å²) in [6.07, 6.45) is 0.362. The fourth-order valence-electron chi connectivity index (χ4n) is 2.24. The zero-order chi connectivity index (χ0) is 19.6. The van der Waals surface area contributed by atoms with Crippen LogP contribution in [0.1, 0.15) is 42.6 Å². The number of carbonyl (C=O) groups is 2. The molecule has 3 N–H and O–H groups in total. The third-order valence-electron chi connectivity index (χ3n) is 3.44. The number of carbonyl (C=O) groups excluding carboxylic acids is 2. The van der Waals surface area contributed by atoms with Crippen molar-refractivity contribution in [3.05, 3.63) is 35.4 Å². The minimum absolute atomic E-state index is 0.0999. The van der Waals surface area contributed by atoms with E-state index in [0.717, 1.165) is 0 Å². The number of rotatable bonds is 11. The van der Waals surface area contributed by atoms with Crippen molar-refractivity contribution >= 4 is 19.4 Å². The van der Waals surface area contributed by atoms with Crippen LogP contribution < -0.4 is 11.1 Å². The minimum Gasteiger partial charge on any atom is -0.368 e. The van der Waals surface area contributed by atoms with Gasteiger partial charge in [0.2, 0.25) is 5.91 Å². The van der Waals surface area contributed by atoms with E-state index in [-0.39, 0.29) is 32.2 Å². The number of nitriles is 1. The van der Waals surface area contributed by atoms with E-state index in [4.69, 9.17) is 20.0 Å². The second-order valence-corrected chi connectivity index (χ2v) is 7.48. The van der Waals surface area contributed by atoms with Crippen LogP contribution in [0.2, 0.25) is 0 Å². The Hall–Kier alpha value is -2.20. The Morgan fingerprint density at radius 2 is 1.81 bits per heavy atom. The first-order valence-corrected chi connectivity index (χ1v) is 10.0. The van der Waals surface area contributed by atoms with Gasteiger partial charge in [-0.1, -0.05) is 12.1 Å². The first-order chi connectivity index (χ1) is 12.3. The molecule has 0 unspecified atom stereocenters. The molecule has 2 amide bonds. The van der Waals surface area contributed by atoms with Crippen LogP contribution in [-0.4, -0.2) is 31.1 Å². The lowest BCUT2D eigenvalue weighted by molar-refractivity contribution is -0.119. The molecular formula is C17H24N3O5P. The van der Waals surface area contributed by atoms with Crippen LogP contribution in [0.25, 0.3) is 0 Å². The average molecular weight is 381 g/mol. The van der Waals surface area contributed by atoms with Crippen LogP contribution in [0.5, 0.6) is 0 Å². The van der Waals surface area contributed by atoms with Crippen molar-refractivity contribution in [2.45, 2.75) is 38.9 Å². The molecule has 0 saturated heterocycles. The Morgan fingerprint density at radius 1 is 1.23 bits per heavy atom. The number of nitrogens with zero attached hydrogens (tertiary/aromatic N) is 1. The summed E-state index contributed by atoms with van der Waals surface area (Å²) in [5.41, 5.74) is 6.25. The van der Waals surface area contributed by atoms with Crippen molar-refractivity contribution in [1.29, 1.82) is 5.26 Å². The minimum atomic E-state index is -3.22. The van der Waals surface area contributed by atoms with E-state index in [1.807, 2.05) is 6.07 Å². The van der Waals surface area contributed by atoms with Crippen LogP contribution in [0.15, 0.2) is 24.3 Å². The fraction of sp³-hybridized carbons (Fsp3) is 0.471. The molecule has 1 rings (SSSR count). The van der Waals surface area contributed by atoms with Gasteiger partial charge >= 0.3 is 7.60 Å². The lowest BCUT2D eigenvalue weighted by Crippen LogP contribution is -2.44. The van der Waals surface area contributed by atoms with Crippen LogP contribution >= 0.6 is 7.60 Å². The quantitative estimate of drug-likeness (QED) is 0.566. The zero-order valence-corrected chi connectivity index (χ0v) is 15.8. The van der Waals surface area contributed by atoms with Gasteiger partial charge in [-0.2, -0.15) is 5.26 Å². The molecule has 1 atom stereocenters. The molecule has 0 radical (unpaired) electrons. The number of hydrogen-bond donors (Lipinski definition) is 2. The summed E-state index contributed by atoms with van der Waals surface area (Å²) >= 11 is 0. The molecule has 0 heterocycles. The standard InChI is InChI=1S/C17H24N3O5P/c1-3-24-26(23,25-4-2)12-13-7-9-14(10-8-13)17(22)20-15(16(19)21)6-5-11-18/h7-10,15H,3-6,12H2,1-2H3,(H2,19,21)(H,20,22)/t15-/m0/s1. The van der Waals surface area contributed by atoms with Gasteiger partial charge < -0.3 is 20.1 Å². The Labute approximate surface area is 153 Å². The van der Waals surface area contributed by atoms with Gasteiger partial charge in [0, 0.05) is 12.0 Å². The van der Waals surface area contributed by atoms with Gasteiger partial charge in [-0.3, -0.25) is 14.2 Å². The molecule has 26 heavy (non-hydrogen) atoms. The fourth-order valence-corrected chi connectivity index (χ4v) is 3.95. The molecule has 0 spiro atoms. The van der Waals surface area contributed by atoms with E-state index in [1.54, 1.807) is 38.1 Å². The molecular weight excluding hydrogens is 357 g/mol. The molecule has 9 heteroatoms. The van der Waals surface area contributed by atoms with Gasteiger partial charge in [-0.05, 0) is 38.0 Å². The van der Waals surface area contributed by atoms with E-state index in [2.05, 4.69) is 5.32 Å². The van der Waals surface area contributed by atoms with Crippen molar-refractivity contribution in [2.24, 2.45) is 5.73 Å². The Balaban J connectivity index is 2.79. The van der Waals surface area contributed by atoms with Crippen molar-refractivity contribution in [1.82, 2.24) is 5.32 Å². The van der Waals surface area contributed by atoms with E-state index in [1.165, 1.54) is 0 Å². The summed E-state index contributed by atoms with van der Waals surface area (Å²) in [4.78, 5) is 23.6. The maximum atomic E-state index is 12.5. The summed E-state index contributed by atoms with van der Waals surface area (Å²) in [6.45, 7) is 4.02. The van der Waals surface area contributed by atoms with E-state index in [9.17, 15) is 14.2 Å². The number of hydrogen-bond acceptors (Lipinski definition) is 6. The maximum Gasteiger partial charge on any atom is 0.335 e. The highest BCUT2D eigenvalue weighted by Gasteiger charge is 2.24. The summed E-state index contributed by atoms with van der Waals surface area (Å²) < 4.78 is 23.0. The van der Waals surface area contributed by atoms with Crippen LogP contribution in [-0.2, 0) is 24.6 Å². The molecule has 0 saturated carbocycles. The summed E-state index contributed by atoms with van der Waals surface area (Å²) in [5.74, 6) is -1.17. The molecule has 142 valence electrons. The number of nitrogens with two attached hydrogens (primary N) is 1. The monoisotopic (exact) mass is 381 g/mol. The van der Waals surface area contributed by atoms with E-state index in [0.29, 0.717) is 11.1 Å².